The second kappa shape index (κ2) is 10.2. The third-order valence-corrected chi connectivity index (χ3v) is 4.93. The van der Waals surface area contributed by atoms with Gasteiger partial charge in [-0.2, -0.15) is 13.2 Å². The largest absolute Gasteiger partial charge is 0.492 e. The number of carbonyl (C=O) groups is 2. The molecule has 9 heteroatoms. The Bertz CT molecular complexity index is 940. The summed E-state index contributed by atoms with van der Waals surface area (Å²) in [6.45, 7) is 6.62. The van der Waals surface area contributed by atoms with E-state index in [2.05, 4.69) is 42.0 Å². The molecule has 0 saturated heterocycles. The monoisotopic (exact) mass is 500 g/mol. The topological polar surface area (TPSA) is 67.4 Å². The summed E-state index contributed by atoms with van der Waals surface area (Å²) in [5.74, 6) is -1.85. The molecule has 2 aromatic rings. The Morgan fingerprint density at radius 3 is 2.16 bits per heavy atom. The van der Waals surface area contributed by atoms with Crippen LogP contribution in [0.5, 0.6) is 5.75 Å². The third-order valence-electron chi connectivity index (χ3n) is 4.31. The molecule has 0 heterocycles. The van der Waals surface area contributed by atoms with Crippen LogP contribution in [0.1, 0.15) is 39.2 Å². The number of anilines is 2. The van der Waals surface area contributed by atoms with E-state index in [1.807, 2.05) is 18.2 Å². The molecule has 2 rings (SSSR count). The molecule has 31 heavy (non-hydrogen) atoms. The third kappa shape index (κ3) is 7.57. The van der Waals surface area contributed by atoms with E-state index in [9.17, 15) is 22.8 Å². The maximum Gasteiger partial charge on any atom is 0.471 e. The number of carbonyl (C=O) groups excluding carboxylic acids is 2. The Kier molecular flexibility index (Phi) is 8.11. The lowest BCUT2D eigenvalue weighted by Crippen LogP contribution is -2.30. The van der Waals surface area contributed by atoms with Gasteiger partial charge in [0.1, 0.15) is 5.75 Å². The highest BCUT2D eigenvalue weighted by Crippen LogP contribution is 2.31. The fraction of sp³-hybridized carbons (Fsp3) is 0.364. The number of amides is 2. The van der Waals surface area contributed by atoms with Gasteiger partial charge in [0.2, 0.25) is 5.91 Å². The minimum absolute atomic E-state index is 0.00893. The van der Waals surface area contributed by atoms with Crippen molar-refractivity contribution in [3.63, 3.8) is 0 Å². The van der Waals surface area contributed by atoms with Crippen molar-refractivity contribution >= 4 is 39.1 Å². The summed E-state index contributed by atoms with van der Waals surface area (Å²) in [4.78, 5) is 23.3. The molecule has 0 aromatic heterocycles. The maximum atomic E-state index is 12.5. The van der Waals surface area contributed by atoms with Crippen molar-refractivity contribution in [3.05, 3.63) is 52.5 Å². The van der Waals surface area contributed by atoms with Gasteiger partial charge in [-0.3, -0.25) is 9.59 Å². The number of halogens is 4. The highest BCUT2D eigenvalue weighted by Gasteiger charge is 2.39. The Labute approximate surface area is 187 Å². The minimum Gasteiger partial charge on any atom is -0.492 e. The number of benzene rings is 2. The predicted octanol–water partition coefficient (Wildman–Crippen LogP) is 6.05. The molecule has 0 radical (unpaired) electrons. The Morgan fingerprint density at radius 2 is 1.61 bits per heavy atom. The molecule has 0 saturated carbocycles. The minimum atomic E-state index is -5.02. The van der Waals surface area contributed by atoms with E-state index in [0.29, 0.717) is 12.2 Å². The number of nitrogens with one attached hydrogen (secondary N) is 2. The summed E-state index contributed by atoms with van der Waals surface area (Å²) >= 11 is 3.49. The van der Waals surface area contributed by atoms with E-state index in [0.717, 1.165) is 10.0 Å². The second-order valence-corrected chi connectivity index (χ2v) is 8.75. The maximum absolute atomic E-state index is 12.5. The molecule has 0 aliphatic heterocycles. The van der Waals surface area contributed by atoms with Gasteiger partial charge in [0.05, 0.1) is 22.5 Å². The van der Waals surface area contributed by atoms with Crippen molar-refractivity contribution in [2.45, 2.75) is 45.2 Å². The number of rotatable bonds is 7. The van der Waals surface area contributed by atoms with Crippen molar-refractivity contribution in [1.29, 1.82) is 0 Å². The van der Waals surface area contributed by atoms with Crippen LogP contribution in [0.4, 0.5) is 24.5 Å². The van der Waals surface area contributed by atoms with Gasteiger partial charge >= 0.3 is 12.1 Å². The number of alkyl halides is 3. The lowest BCUT2D eigenvalue weighted by Gasteiger charge is -2.20. The first-order valence-electron chi connectivity index (χ1n) is 9.58. The number of hydrogen-bond donors (Lipinski definition) is 2. The first kappa shape index (κ1) is 24.7. The molecule has 0 aliphatic carbocycles. The second-order valence-electron chi connectivity index (χ2n) is 7.89. The van der Waals surface area contributed by atoms with Gasteiger partial charge in [-0.25, -0.2) is 0 Å². The fourth-order valence-corrected chi connectivity index (χ4v) is 3.10. The standard InChI is InChI=1S/C22H24BrF3N2O3/c1-21(2,3)14-10-11-18(15(23)13-14)31-12-6-9-19(29)27-16-7-4-5-8-17(16)28-20(30)22(24,25)26/h4-5,7-8,10-11,13H,6,9,12H2,1-3H3,(H,27,29)(H,28,30). The smallest absolute Gasteiger partial charge is 0.471 e. The molecule has 0 bridgehead atoms. The average molecular weight is 501 g/mol. The Morgan fingerprint density at radius 1 is 1.00 bits per heavy atom. The molecular formula is C22H24BrF3N2O3. The zero-order valence-corrected chi connectivity index (χ0v) is 19.0. The van der Waals surface area contributed by atoms with Crippen LogP contribution in [0, 0.1) is 0 Å². The number of para-hydroxylation sites is 2. The van der Waals surface area contributed by atoms with Crippen LogP contribution < -0.4 is 15.4 Å². The zero-order valence-electron chi connectivity index (χ0n) is 17.4. The molecular weight excluding hydrogens is 477 g/mol. The van der Waals surface area contributed by atoms with E-state index >= 15 is 0 Å². The summed E-state index contributed by atoms with van der Waals surface area (Å²) in [5, 5.41) is 4.27. The first-order valence-corrected chi connectivity index (χ1v) is 10.4. The molecule has 5 nitrogen and oxygen atoms in total. The summed E-state index contributed by atoms with van der Waals surface area (Å²) in [5.41, 5.74) is 1.13. The van der Waals surface area contributed by atoms with Gasteiger partial charge in [0.15, 0.2) is 0 Å². The molecule has 0 aliphatic rings. The molecule has 0 atom stereocenters. The van der Waals surface area contributed by atoms with Crippen LogP contribution in [-0.2, 0) is 15.0 Å². The Balaban J connectivity index is 1.86. The SMILES string of the molecule is CC(C)(C)c1ccc(OCCCC(=O)Nc2ccccc2NC(=O)C(F)(F)F)c(Br)c1. The molecule has 0 fully saturated rings. The Hall–Kier alpha value is -2.55. The lowest BCUT2D eigenvalue weighted by atomic mass is 9.87. The van der Waals surface area contributed by atoms with E-state index in [1.165, 1.54) is 18.2 Å². The highest BCUT2D eigenvalue weighted by molar-refractivity contribution is 9.10. The normalized spacial score (nSPS) is 11.7. The molecule has 2 amide bonds. The van der Waals surface area contributed by atoms with Gasteiger partial charge in [-0.1, -0.05) is 39.0 Å². The quantitative estimate of drug-likeness (QED) is 0.455. The fourth-order valence-electron chi connectivity index (χ4n) is 2.61. The van der Waals surface area contributed by atoms with E-state index < -0.39 is 18.0 Å². The number of ether oxygens (including phenoxy) is 1. The van der Waals surface area contributed by atoms with Crippen molar-refractivity contribution in [3.8, 4) is 5.75 Å². The van der Waals surface area contributed by atoms with Crippen LogP contribution in [0.15, 0.2) is 46.9 Å². The summed E-state index contributed by atoms with van der Waals surface area (Å²) < 4.78 is 43.9. The molecule has 168 valence electrons. The van der Waals surface area contributed by atoms with Gasteiger partial charge in [-0.15, -0.1) is 0 Å². The van der Waals surface area contributed by atoms with Crippen LogP contribution >= 0.6 is 15.9 Å². The summed E-state index contributed by atoms with van der Waals surface area (Å²) in [6, 6.07) is 11.5. The van der Waals surface area contributed by atoms with Gasteiger partial charge < -0.3 is 15.4 Å². The highest BCUT2D eigenvalue weighted by atomic mass is 79.9. The molecule has 2 aromatic carbocycles. The van der Waals surface area contributed by atoms with Crippen LogP contribution in [0.2, 0.25) is 0 Å². The molecule has 2 N–H and O–H groups in total. The zero-order chi connectivity index (χ0) is 23.2. The van der Waals surface area contributed by atoms with Gasteiger partial charge in [0.25, 0.3) is 0 Å². The predicted molar refractivity (Wildman–Crippen MR) is 117 cm³/mol. The van der Waals surface area contributed by atoms with Crippen molar-refractivity contribution in [1.82, 2.24) is 0 Å². The van der Waals surface area contributed by atoms with Crippen LogP contribution in [-0.4, -0.2) is 24.6 Å². The van der Waals surface area contributed by atoms with Crippen molar-refractivity contribution < 1.29 is 27.5 Å². The lowest BCUT2D eigenvalue weighted by molar-refractivity contribution is -0.167. The number of hydrogen-bond acceptors (Lipinski definition) is 3. The van der Waals surface area contributed by atoms with Crippen LogP contribution in [0.25, 0.3) is 0 Å². The first-order chi connectivity index (χ1) is 14.4. The van der Waals surface area contributed by atoms with Crippen molar-refractivity contribution in [2.24, 2.45) is 0 Å². The van der Waals surface area contributed by atoms with Crippen LogP contribution in [0.3, 0.4) is 0 Å². The van der Waals surface area contributed by atoms with Gasteiger partial charge in [0, 0.05) is 6.42 Å². The molecule has 0 unspecified atom stereocenters. The van der Waals surface area contributed by atoms with Gasteiger partial charge in [-0.05, 0) is 57.6 Å². The summed E-state index contributed by atoms with van der Waals surface area (Å²) in [7, 11) is 0. The molecule has 0 spiro atoms. The van der Waals surface area contributed by atoms with E-state index in [-0.39, 0.29) is 29.8 Å². The average Bonchev–Trinajstić information content (AvgIpc) is 2.66. The van der Waals surface area contributed by atoms with E-state index in [1.54, 1.807) is 11.4 Å². The van der Waals surface area contributed by atoms with E-state index in [4.69, 9.17) is 4.74 Å². The van der Waals surface area contributed by atoms with Crippen molar-refractivity contribution in [2.75, 3.05) is 17.2 Å². The summed E-state index contributed by atoms with van der Waals surface area (Å²) in [6.07, 6.45) is -4.52.